The van der Waals surface area contributed by atoms with Crippen LogP contribution in [0, 0.1) is 19.8 Å². The molecule has 0 spiro atoms. The molecule has 186 valence electrons. The molecule has 8 nitrogen and oxygen atoms in total. The molecule has 1 N–H and O–H groups in total. The molecule has 1 fully saturated rings. The summed E-state index contributed by atoms with van der Waals surface area (Å²) < 4.78 is 40.6. The Balaban J connectivity index is 1.45. The number of ether oxygens (including phenoxy) is 2. The molecular formula is C26H31N3O5S. The first-order chi connectivity index (χ1) is 16.6. The van der Waals surface area contributed by atoms with Crippen LogP contribution in [0.25, 0.3) is 4.91 Å². The minimum Gasteiger partial charge on any atom is -0.493 e. The largest absolute Gasteiger partial charge is 0.493 e. The fourth-order valence-electron chi connectivity index (χ4n) is 4.58. The molecular weight excluding hydrogens is 466 g/mol. The van der Waals surface area contributed by atoms with E-state index in [1.54, 1.807) is 32.4 Å². The van der Waals surface area contributed by atoms with Crippen LogP contribution in [0.2, 0.25) is 0 Å². The Labute approximate surface area is 206 Å². The van der Waals surface area contributed by atoms with Gasteiger partial charge < -0.3 is 19.7 Å². The Kier molecular flexibility index (Phi) is 6.89. The number of sulfonamides is 1. The Morgan fingerprint density at radius 1 is 0.971 bits per heavy atom. The van der Waals surface area contributed by atoms with E-state index < -0.39 is 10.0 Å². The molecule has 9 heteroatoms. The van der Waals surface area contributed by atoms with Gasteiger partial charge in [-0.2, -0.15) is 8.42 Å². The van der Waals surface area contributed by atoms with E-state index in [1.807, 2.05) is 43.9 Å². The molecule has 1 saturated heterocycles. The van der Waals surface area contributed by atoms with Crippen molar-refractivity contribution in [3.05, 3.63) is 58.7 Å². The van der Waals surface area contributed by atoms with Crippen molar-refractivity contribution in [3.8, 4) is 11.5 Å². The smallest absolute Gasteiger partial charge is 0.285 e. The van der Waals surface area contributed by atoms with Gasteiger partial charge in [-0.25, -0.2) is 0 Å². The molecule has 35 heavy (non-hydrogen) atoms. The Morgan fingerprint density at radius 2 is 1.66 bits per heavy atom. The van der Waals surface area contributed by atoms with Crippen molar-refractivity contribution in [1.82, 2.24) is 4.90 Å². The zero-order valence-corrected chi connectivity index (χ0v) is 21.5. The van der Waals surface area contributed by atoms with Crippen LogP contribution in [0.5, 0.6) is 11.5 Å². The average molecular weight is 498 g/mol. The maximum Gasteiger partial charge on any atom is 0.285 e. The SMILES string of the molecule is COc1ccc(NC(=O)C2CCN(C3=NS(=O)(=O)C(c4ccc(C)c(C)c4)=C3C)CC2)cc1OC. The molecule has 0 aliphatic carbocycles. The summed E-state index contributed by atoms with van der Waals surface area (Å²) in [6.45, 7) is 6.88. The minimum atomic E-state index is -3.78. The molecule has 4 rings (SSSR count). The second-order valence-electron chi connectivity index (χ2n) is 8.96. The summed E-state index contributed by atoms with van der Waals surface area (Å²) in [6, 6.07) is 10.9. The van der Waals surface area contributed by atoms with Crippen molar-refractivity contribution < 1.29 is 22.7 Å². The highest BCUT2D eigenvalue weighted by Gasteiger charge is 2.35. The van der Waals surface area contributed by atoms with Crippen LogP contribution in [-0.2, 0) is 14.8 Å². The summed E-state index contributed by atoms with van der Waals surface area (Å²) in [4.78, 5) is 15.1. The average Bonchev–Trinajstić information content (AvgIpc) is 3.09. The predicted octanol–water partition coefficient (Wildman–Crippen LogP) is 4.14. The highest BCUT2D eigenvalue weighted by atomic mass is 32.2. The van der Waals surface area contributed by atoms with Gasteiger partial charge in [-0.3, -0.25) is 4.79 Å². The number of likely N-dealkylation sites (tertiary alicyclic amines) is 1. The molecule has 0 atom stereocenters. The van der Waals surface area contributed by atoms with Crippen molar-refractivity contribution in [2.75, 3.05) is 32.6 Å². The number of nitrogens with zero attached hydrogens (tertiary/aromatic N) is 2. The van der Waals surface area contributed by atoms with Crippen molar-refractivity contribution in [2.45, 2.75) is 33.6 Å². The lowest BCUT2D eigenvalue weighted by molar-refractivity contribution is -0.120. The van der Waals surface area contributed by atoms with Gasteiger partial charge in [0, 0.05) is 36.3 Å². The number of aryl methyl sites for hydroxylation is 2. The van der Waals surface area contributed by atoms with Crippen LogP contribution in [0.4, 0.5) is 5.69 Å². The van der Waals surface area contributed by atoms with Crippen LogP contribution < -0.4 is 14.8 Å². The van der Waals surface area contributed by atoms with Gasteiger partial charge in [0.2, 0.25) is 5.91 Å². The highest BCUT2D eigenvalue weighted by molar-refractivity contribution is 8.00. The summed E-state index contributed by atoms with van der Waals surface area (Å²) in [5.74, 6) is 1.37. The standard InChI is InChI=1S/C26H31N3O5S/c1-16-6-7-20(14-17(16)2)24-18(3)25(28-35(24,31)32)29-12-10-19(11-13-29)26(30)27-21-8-9-22(33-4)23(15-21)34-5/h6-9,14-15,19H,10-13H2,1-5H3,(H,27,30). The first-order valence-corrected chi connectivity index (χ1v) is 13.0. The normalized spacial score (nSPS) is 17.9. The summed E-state index contributed by atoms with van der Waals surface area (Å²) in [6.07, 6.45) is 1.20. The molecule has 2 aromatic carbocycles. The number of hydrogen-bond donors (Lipinski definition) is 1. The second kappa shape index (κ2) is 9.73. The molecule has 0 radical (unpaired) electrons. The van der Waals surface area contributed by atoms with Crippen molar-refractivity contribution in [2.24, 2.45) is 10.3 Å². The van der Waals surface area contributed by atoms with E-state index in [0.29, 0.717) is 60.1 Å². The first-order valence-electron chi connectivity index (χ1n) is 11.6. The number of methoxy groups -OCH3 is 2. The number of piperidine rings is 1. The summed E-state index contributed by atoms with van der Waals surface area (Å²) >= 11 is 0. The highest BCUT2D eigenvalue weighted by Crippen LogP contribution is 2.36. The van der Waals surface area contributed by atoms with Crippen LogP contribution in [0.15, 0.2) is 46.4 Å². The fraction of sp³-hybridized carbons (Fsp3) is 0.385. The van der Waals surface area contributed by atoms with Gasteiger partial charge in [0.25, 0.3) is 10.0 Å². The zero-order valence-electron chi connectivity index (χ0n) is 20.7. The van der Waals surface area contributed by atoms with Crippen molar-refractivity contribution in [3.63, 3.8) is 0 Å². The van der Waals surface area contributed by atoms with Crippen LogP contribution in [0.3, 0.4) is 0 Å². The summed E-state index contributed by atoms with van der Waals surface area (Å²) in [5, 5.41) is 2.95. The Morgan fingerprint density at radius 3 is 2.29 bits per heavy atom. The lowest BCUT2D eigenvalue weighted by Gasteiger charge is -2.32. The number of anilines is 1. The molecule has 0 aromatic heterocycles. The number of benzene rings is 2. The Hall–Kier alpha value is -3.33. The topological polar surface area (TPSA) is 97.3 Å². The van der Waals surface area contributed by atoms with E-state index in [2.05, 4.69) is 9.71 Å². The number of hydrogen-bond acceptors (Lipinski definition) is 6. The van der Waals surface area contributed by atoms with Gasteiger partial charge >= 0.3 is 0 Å². The van der Waals surface area contributed by atoms with Crippen molar-refractivity contribution in [1.29, 1.82) is 0 Å². The number of rotatable bonds is 5. The number of amides is 1. The first kappa shape index (κ1) is 24.8. The van der Waals surface area contributed by atoms with Gasteiger partial charge in [-0.05, 0) is 62.4 Å². The summed E-state index contributed by atoms with van der Waals surface area (Å²) in [7, 11) is -0.666. The lowest BCUT2D eigenvalue weighted by Crippen LogP contribution is -2.41. The maximum absolute atomic E-state index is 12.9. The van der Waals surface area contributed by atoms with E-state index in [9.17, 15) is 13.2 Å². The molecule has 0 bridgehead atoms. The number of nitrogens with one attached hydrogen (secondary N) is 1. The van der Waals surface area contributed by atoms with E-state index in [-0.39, 0.29) is 16.7 Å². The maximum atomic E-state index is 12.9. The van der Waals surface area contributed by atoms with Crippen LogP contribution >= 0.6 is 0 Å². The number of amidine groups is 1. The third-order valence-corrected chi connectivity index (χ3v) is 8.20. The molecule has 0 saturated carbocycles. The molecule has 2 heterocycles. The van der Waals surface area contributed by atoms with Gasteiger partial charge in [0.15, 0.2) is 11.5 Å². The van der Waals surface area contributed by atoms with E-state index >= 15 is 0 Å². The van der Waals surface area contributed by atoms with Crippen LogP contribution in [-0.4, -0.2) is 52.4 Å². The fourth-order valence-corrected chi connectivity index (χ4v) is 6.05. The van der Waals surface area contributed by atoms with Gasteiger partial charge in [-0.15, -0.1) is 4.40 Å². The van der Waals surface area contributed by atoms with Gasteiger partial charge in [0.05, 0.1) is 14.2 Å². The molecule has 1 amide bonds. The van der Waals surface area contributed by atoms with Gasteiger partial charge in [-0.1, -0.05) is 18.2 Å². The molecule has 2 aliphatic rings. The molecule has 2 aromatic rings. The zero-order chi connectivity index (χ0) is 25.3. The van der Waals surface area contributed by atoms with Gasteiger partial charge in [0.1, 0.15) is 10.7 Å². The molecule has 0 unspecified atom stereocenters. The number of carbonyl (C=O) groups is 1. The van der Waals surface area contributed by atoms with E-state index in [4.69, 9.17) is 9.47 Å². The van der Waals surface area contributed by atoms with Crippen molar-refractivity contribution >= 4 is 32.4 Å². The Bertz CT molecular complexity index is 1320. The lowest BCUT2D eigenvalue weighted by atomic mass is 9.95. The molecule has 2 aliphatic heterocycles. The van der Waals surface area contributed by atoms with E-state index in [0.717, 1.165) is 11.1 Å². The third kappa shape index (κ3) is 4.91. The summed E-state index contributed by atoms with van der Waals surface area (Å²) in [5.41, 5.74) is 4.10. The number of carbonyl (C=O) groups excluding carboxylic acids is 1. The second-order valence-corrected chi connectivity index (χ2v) is 10.5. The van der Waals surface area contributed by atoms with E-state index in [1.165, 1.54) is 0 Å². The predicted molar refractivity (Wildman–Crippen MR) is 137 cm³/mol. The quantitative estimate of drug-likeness (QED) is 0.667. The van der Waals surface area contributed by atoms with Crippen LogP contribution in [0.1, 0.15) is 36.5 Å². The minimum absolute atomic E-state index is 0.0686. The monoisotopic (exact) mass is 497 g/mol. The third-order valence-electron chi connectivity index (χ3n) is 6.73.